The van der Waals surface area contributed by atoms with E-state index in [0.717, 1.165) is 6.04 Å². The third-order valence-electron chi connectivity index (χ3n) is 2.45. The van der Waals surface area contributed by atoms with Crippen LogP contribution in [-0.4, -0.2) is 38.1 Å². The van der Waals surface area contributed by atoms with Gasteiger partial charge in [0.2, 0.25) is 0 Å². The van der Waals surface area contributed by atoms with Crippen LogP contribution >= 0.6 is 0 Å². The molecule has 0 saturated carbocycles. The van der Waals surface area contributed by atoms with Gasteiger partial charge in [-0.15, -0.1) is 0 Å². The van der Waals surface area contributed by atoms with Crippen molar-refractivity contribution in [3.8, 4) is 0 Å². The molecule has 1 N–H and O–H groups in total. The van der Waals surface area contributed by atoms with Crippen LogP contribution in [0.2, 0.25) is 0 Å². The van der Waals surface area contributed by atoms with Crippen molar-refractivity contribution in [2.75, 3.05) is 27.2 Å². The highest BCUT2D eigenvalue weighted by molar-refractivity contribution is 4.61. The van der Waals surface area contributed by atoms with Crippen LogP contribution < -0.4 is 5.32 Å². The lowest BCUT2D eigenvalue weighted by atomic mass is 10.1. The molecule has 0 aromatic rings. The van der Waals surface area contributed by atoms with Gasteiger partial charge in [0, 0.05) is 6.04 Å². The summed E-state index contributed by atoms with van der Waals surface area (Å²) in [6.45, 7) is 6.90. The summed E-state index contributed by atoms with van der Waals surface area (Å²) in [6, 6.07) is 0.736. The predicted molar refractivity (Wildman–Crippen MR) is 60.2 cm³/mol. The largest absolute Gasteiger partial charge is 0.314 e. The maximum Gasteiger partial charge on any atom is 0.00618 e. The molecule has 0 fully saturated rings. The molecule has 0 bridgehead atoms. The van der Waals surface area contributed by atoms with Crippen LogP contribution in [0.15, 0.2) is 0 Å². The third kappa shape index (κ3) is 8.26. The SMILES string of the molecule is CCC(CC)NCCCCN(C)C. The van der Waals surface area contributed by atoms with E-state index < -0.39 is 0 Å². The summed E-state index contributed by atoms with van der Waals surface area (Å²) in [5, 5.41) is 3.57. The molecule has 0 aliphatic carbocycles. The minimum absolute atomic E-state index is 0.736. The molecule has 2 nitrogen and oxygen atoms in total. The summed E-state index contributed by atoms with van der Waals surface area (Å²) in [5.41, 5.74) is 0. The van der Waals surface area contributed by atoms with Crippen LogP contribution in [0.25, 0.3) is 0 Å². The monoisotopic (exact) mass is 186 g/mol. The second-order valence-electron chi connectivity index (χ2n) is 3.98. The maximum atomic E-state index is 3.57. The molecule has 2 heteroatoms. The van der Waals surface area contributed by atoms with E-state index in [0.29, 0.717) is 0 Å². The summed E-state index contributed by atoms with van der Waals surface area (Å²) in [4.78, 5) is 2.25. The van der Waals surface area contributed by atoms with Crippen molar-refractivity contribution in [1.82, 2.24) is 10.2 Å². The number of nitrogens with zero attached hydrogens (tertiary/aromatic N) is 1. The van der Waals surface area contributed by atoms with Gasteiger partial charge in [-0.1, -0.05) is 13.8 Å². The van der Waals surface area contributed by atoms with Gasteiger partial charge in [0.15, 0.2) is 0 Å². The highest BCUT2D eigenvalue weighted by atomic mass is 15.0. The average molecular weight is 186 g/mol. The summed E-state index contributed by atoms with van der Waals surface area (Å²) in [7, 11) is 4.27. The Hall–Kier alpha value is -0.0800. The van der Waals surface area contributed by atoms with E-state index in [2.05, 4.69) is 38.2 Å². The molecule has 80 valence electrons. The molecule has 13 heavy (non-hydrogen) atoms. The van der Waals surface area contributed by atoms with Crippen molar-refractivity contribution < 1.29 is 0 Å². The maximum absolute atomic E-state index is 3.57. The molecular formula is C11H26N2. The standard InChI is InChI=1S/C11H26N2/c1-5-11(6-2)12-9-7-8-10-13(3)4/h11-12H,5-10H2,1-4H3. The zero-order chi connectivity index (χ0) is 10.1. The second-order valence-corrected chi connectivity index (χ2v) is 3.98. The Labute approximate surface area is 83.7 Å². The molecule has 0 amide bonds. The normalized spacial score (nSPS) is 11.5. The molecule has 0 saturated heterocycles. The molecule has 0 aliphatic rings. The molecule has 0 aromatic heterocycles. The van der Waals surface area contributed by atoms with Gasteiger partial charge < -0.3 is 10.2 Å². The van der Waals surface area contributed by atoms with Crippen LogP contribution in [0.1, 0.15) is 39.5 Å². The van der Waals surface area contributed by atoms with E-state index in [1.807, 2.05) is 0 Å². The molecule has 0 spiro atoms. The Kier molecular flexibility index (Phi) is 8.46. The third-order valence-corrected chi connectivity index (χ3v) is 2.45. The van der Waals surface area contributed by atoms with E-state index in [9.17, 15) is 0 Å². The number of hydrogen-bond acceptors (Lipinski definition) is 2. The van der Waals surface area contributed by atoms with E-state index in [4.69, 9.17) is 0 Å². The lowest BCUT2D eigenvalue weighted by Crippen LogP contribution is -2.29. The summed E-state index contributed by atoms with van der Waals surface area (Å²) in [5.74, 6) is 0. The topological polar surface area (TPSA) is 15.3 Å². The molecular weight excluding hydrogens is 160 g/mol. The van der Waals surface area contributed by atoms with Gasteiger partial charge in [-0.2, -0.15) is 0 Å². The van der Waals surface area contributed by atoms with Crippen molar-refractivity contribution in [3.63, 3.8) is 0 Å². The van der Waals surface area contributed by atoms with Gasteiger partial charge in [0.05, 0.1) is 0 Å². The summed E-state index contributed by atoms with van der Waals surface area (Å²) < 4.78 is 0. The first-order valence-corrected chi connectivity index (χ1v) is 5.58. The second kappa shape index (κ2) is 8.52. The van der Waals surface area contributed by atoms with E-state index in [1.54, 1.807) is 0 Å². The zero-order valence-electron chi connectivity index (χ0n) is 9.77. The molecule has 0 aliphatic heterocycles. The van der Waals surface area contributed by atoms with Crippen molar-refractivity contribution in [2.24, 2.45) is 0 Å². The zero-order valence-corrected chi connectivity index (χ0v) is 9.77. The smallest absolute Gasteiger partial charge is 0.00618 e. The van der Waals surface area contributed by atoms with Crippen molar-refractivity contribution >= 4 is 0 Å². The average Bonchev–Trinajstić information content (AvgIpc) is 2.11. The minimum atomic E-state index is 0.736. The highest BCUT2D eigenvalue weighted by Crippen LogP contribution is 1.97. The van der Waals surface area contributed by atoms with Crippen LogP contribution in [0.4, 0.5) is 0 Å². The highest BCUT2D eigenvalue weighted by Gasteiger charge is 2.00. The predicted octanol–water partition coefficient (Wildman–Crippen LogP) is 2.11. The molecule has 0 unspecified atom stereocenters. The number of rotatable bonds is 8. The Morgan fingerprint density at radius 1 is 1.08 bits per heavy atom. The van der Waals surface area contributed by atoms with Gasteiger partial charge in [-0.3, -0.25) is 0 Å². The first kappa shape index (κ1) is 12.9. The van der Waals surface area contributed by atoms with E-state index >= 15 is 0 Å². The minimum Gasteiger partial charge on any atom is -0.314 e. The van der Waals surface area contributed by atoms with E-state index in [1.165, 1.54) is 38.8 Å². The fraction of sp³-hybridized carbons (Fsp3) is 1.00. The molecule has 0 aromatic carbocycles. The number of hydrogen-bond donors (Lipinski definition) is 1. The number of unbranched alkanes of at least 4 members (excludes halogenated alkanes) is 1. The van der Waals surface area contributed by atoms with Crippen molar-refractivity contribution in [2.45, 2.75) is 45.6 Å². The Balaban J connectivity index is 3.14. The molecule has 0 radical (unpaired) electrons. The lowest BCUT2D eigenvalue weighted by molar-refractivity contribution is 0.385. The summed E-state index contributed by atoms with van der Waals surface area (Å²) in [6.07, 6.45) is 5.11. The van der Waals surface area contributed by atoms with Gasteiger partial charge in [-0.25, -0.2) is 0 Å². The van der Waals surface area contributed by atoms with Gasteiger partial charge in [0.25, 0.3) is 0 Å². The van der Waals surface area contributed by atoms with Crippen molar-refractivity contribution in [3.05, 3.63) is 0 Å². The fourth-order valence-corrected chi connectivity index (χ4v) is 1.44. The quantitative estimate of drug-likeness (QED) is 0.584. The molecule has 0 rings (SSSR count). The van der Waals surface area contributed by atoms with E-state index in [-0.39, 0.29) is 0 Å². The Morgan fingerprint density at radius 2 is 1.69 bits per heavy atom. The Morgan fingerprint density at radius 3 is 2.15 bits per heavy atom. The van der Waals surface area contributed by atoms with Crippen LogP contribution in [-0.2, 0) is 0 Å². The van der Waals surface area contributed by atoms with Crippen molar-refractivity contribution in [1.29, 1.82) is 0 Å². The van der Waals surface area contributed by atoms with Gasteiger partial charge in [0.1, 0.15) is 0 Å². The fourth-order valence-electron chi connectivity index (χ4n) is 1.44. The van der Waals surface area contributed by atoms with Gasteiger partial charge >= 0.3 is 0 Å². The van der Waals surface area contributed by atoms with Crippen LogP contribution in [0.3, 0.4) is 0 Å². The van der Waals surface area contributed by atoms with Crippen LogP contribution in [0.5, 0.6) is 0 Å². The lowest BCUT2D eigenvalue weighted by Gasteiger charge is -2.15. The molecule has 0 atom stereocenters. The Bertz CT molecular complexity index is 98.3. The molecule has 0 heterocycles. The first-order valence-electron chi connectivity index (χ1n) is 5.58. The number of nitrogens with one attached hydrogen (secondary N) is 1. The summed E-state index contributed by atoms with van der Waals surface area (Å²) >= 11 is 0. The van der Waals surface area contributed by atoms with Crippen LogP contribution in [0, 0.1) is 0 Å². The van der Waals surface area contributed by atoms with Gasteiger partial charge in [-0.05, 0) is 52.9 Å². The first-order chi connectivity index (χ1) is 6.20.